The standard InChI is InChI=1S/C22H21N3O/c1-16-4-8-18(9-5-16)14-22(15-19-10-6-17(2)7-11-19)20(26)24-21-23-12-3-13-25(21)22/h3-13H,14-15H2,1-2H3. The number of nitrogens with zero attached hydrogens (tertiary/aromatic N) is 3. The molecule has 26 heavy (non-hydrogen) atoms. The van der Waals surface area contributed by atoms with E-state index in [-0.39, 0.29) is 5.91 Å². The summed E-state index contributed by atoms with van der Waals surface area (Å²) in [5, 5.41) is 0. The first-order chi connectivity index (χ1) is 12.6. The molecule has 1 amide bonds. The molecule has 2 aliphatic rings. The van der Waals surface area contributed by atoms with Gasteiger partial charge in [-0.2, -0.15) is 4.99 Å². The van der Waals surface area contributed by atoms with Crippen LogP contribution in [-0.2, 0) is 17.6 Å². The van der Waals surface area contributed by atoms with Crippen LogP contribution < -0.4 is 0 Å². The fourth-order valence-electron chi connectivity index (χ4n) is 3.55. The number of hydrogen-bond acceptors (Lipinski definition) is 3. The predicted octanol–water partition coefficient (Wildman–Crippen LogP) is 3.62. The van der Waals surface area contributed by atoms with Crippen LogP contribution in [0.2, 0.25) is 0 Å². The first-order valence-corrected chi connectivity index (χ1v) is 8.81. The normalized spacial score (nSPS) is 17.4. The van der Waals surface area contributed by atoms with E-state index in [9.17, 15) is 4.79 Å². The molecule has 2 aromatic rings. The molecule has 130 valence electrons. The number of allylic oxidation sites excluding steroid dienone is 1. The first-order valence-electron chi connectivity index (χ1n) is 8.81. The van der Waals surface area contributed by atoms with Gasteiger partial charge in [0.05, 0.1) is 0 Å². The van der Waals surface area contributed by atoms with Crippen LogP contribution in [0.1, 0.15) is 22.3 Å². The molecule has 0 fully saturated rings. The molecule has 0 unspecified atom stereocenters. The van der Waals surface area contributed by atoms with E-state index in [1.165, 1.54) is 11.1 Å². The van der Waals surface area contributed by atoms with Crippen LogP contribution in [0, 0.1) is 13.8 Å². The van der Waals surface area contributed by atoms with Gasteiger partial charge in [0.2, 0.25) is 5.96 Å². The smallest absolute Gasteiger partial charge is 0.275 e. The number of benzene rings is 2. The third kappa shape index (κ3) is 2.88. The van der Waals surface area contributed by atoms with Crippen LogP contribution in [-0.4, -0.2) is 28.5 Å². The summed E-state index contributed by atoms with van der Waals surface area (Å²) in [6.07, 6.45) is 6.63. The number of fused-ring (bicyclic) bond motifs is 1. The molecule has 2 heterocycles. The van der Waals surface area contributed by atoms with Crippen LogP contribution in [0.4, 0.5) is 0 Å². The van der Waals surface area contributed by atoms with Crippen LogP contribution in [0.25, 0.3) is 0 Å². The number of guanidine groups is 1. The monoisotopic (exact) mass is 343 g/mol. The van der Waals surface area contributed by atoms with E-state index in [1.54, 1.807) is 6.21 Å². The van der Waals surface area contributed by atoms with Gasteiger partial charge in [0.15, 0.2) is 0 Å². The Bertz CT molecular complexity index is 873. The minimum Gasteiger partial charge on any atom is -0.301 e. The summed E-state index contributed by atoms with van der Waals surface area (Å²) < 4.78 is 0. The fraction of sp³-hybridized carbons (Fsp3) is 0.227. The lowest BCUT2D eigenvalue weighted by atomic mass is 9.83. The topological polar surface area (TPSA) is 45.0 Å². The van der Waals surface area contributed by atoms with Gasteiger partial charge in [-0.25, -0.2) is 4.99 Å². The van der Waals surface area contributed by atoms with E-state index in [4.69, 9.17) is 0 Å². The molecule has 0 aromatic heterocycles. The molecule has 4 heteroatoms. The molecule has 4 nitrogen and oxygen atoms in total. The van der Waals surface area contributed by atoms with Crippen molar-refractivity contribution in [3.63, 3.8) is 0 Å². The lowest BCUT2D eigenvalue weighted by Gasteiger charge is -2.36. The van der Waals surface area contributed by atoms with E-state index >= 15 is 0 Å². The lowest BCUT2D eigenvalue weighted by molar-refractivity contribution is -0.124. The maximum Gasteiger partial charge on any atom is 0.275 e. The minimum absolute atomic E-state index is 0.127. The fourth-order valence-corrected chi connectivity index (χ4v) is 3.55. The van der Waals surface area contributed by atoms with Crippen molar-refractivity contribution in [1.29, 1.82) is 0 Å². The zero-order valence-corrected chi connectivity index (χ0v) is 15.0. The third-order valence-corrected chi connectivity index (χ3v) is 5.02. The van der Waals surface area contributed by atoms with Crippen molar-refractivity contribution in [2.45, 2.75) is 32.2 Å². The highest BCUT2D eigenvalue weighted by atomic mass is 16.2. The summed E-state index contributed by atoms with van der Waals surface area (Å²) >= 11 is 0. The molecular weight excluding hydrogens is 322 g/mol. The average molecular weight is 343 g/mol. The lowest BCUT2D eigenvalue weighted by Crippen LogP contribution is -2.52. The number of carbonyl (C=O) groups is 1. The van der Waals surface area contributed by atoms with Gasteiger partial charge < -0.3 is 4.90 Å². The van der Waals surface area contributed by atoms with Crippen molar-refractivity contribution in [2.24, 2.45) is 9.98 Å². The van der Waals surface area contributed by atoms with Gasteiger partial charge in [0.1, 0.15) is 5.54 Å². The molecule has 2 aromatic carbocycles. The highest BCUT2D eigenvalue weighted by Gasteiger charge is 2.50. The van der Waals surface area contributed by atoms with Crippen molar-refractivity contribution in [1.82, 2.24) is 4.90 Å². The molecule has 2 aliphatic heterocycles. The minimum atomic E-state index is -0.770. The van der Waals surface area contributed by atoms with Gasteiger partial charge in [0, 0.05) is 25.3 Å². The second kappa shape index (κ2) is 6.37. The summed E-state index contributed by atoms with van der Waals surface area (Å²) in [7, 11) is 0. The molecule has 0 radical (unpaired) electrons. The quantitative estimate of drug-likeness (QED) is 0.851. The van der Waals surface area contributed by atoms with Gasteiger partial charge in [-0.05, 0) is 31.1 Å². The predicted molar refractivity (Wildman–Crippen MR) is 104 cm³/mol. The Morgan fingerprint density at radius 1 is 0.885 bits per heavy atom. The number of amides is 1. The van der Waals surface area contributed by atoms with Crippen LogP contribution >= 0.6 is 0 Å². The van der Waals surface area contributed by atoms with E-state index in [2.05, 4.69) is 72.4 Å². The summed E-state index contributed by atoms with van der Waals surface area (Å²) in [6.45, 7) is 4.13. The molecule has 0 aliphatic carbocycles. The van der Waals surface area contributed by atoms with E-state index < -0.39 is 5.54 Å². The van der Waals surface area contributed by atoms with Gasteiger partial charge >= 0.3 is 0 Å². The SMILES string of the molecule is Cc1ccc(CC2(Cc3ccc(C)cc3)C(=O)N=C3N=CC=CN32)cc1. The van der Waals surface area contributed by atoms with E-state index in [1.807, 2.05) is 17.2 Å². The Hall–Kier alpha value is -3.01. The molecule has 0 spiro atoms. The number of carbonyl (C=O) groups excluding carboxylic acids is 1. The molecule has 0 saturated heterocycles. The Morgan fingerprint density at radius 2 is 1.42 bits per heavy atom. The highest BCUT2D eigenvalue weighted by Crippen LogP contribution is 2.34. The number of aryl methyl sites for hydroxylation is 2. The molecule has 0 N–H and O–H groups in total. The highest BCUT2D eigenvalue weighted by molar-refractivity contribution is 6.10. The van der Waals surface area contributed by atoms with Gasteiger partial charge in [0.25, 0.3) is 5.91 Å². The van der Waals surface area contributed by atoms with Crippen LogP contribution in [0.5, 0.6) is 0 Å². The number of hydrogen-bond donors (Lipinski definition) is 0. The van der Waals surface area contributed by atoms with Crippen molar-refractivity contribution >= 4 is 18.1 Å². The first kappa shape index (κ1) is 16.5. The maximum atomic E-state index is 13.1. The summed E-state index contributed by atoms with van der Waals surface area (Å²) in [6, 6.07) is 16.7. The summed E-state index contributed by atoms with van der Waals surface area (Å²) in [5.74, 6) is 0.356. The Morgan fingerprint density at radius 3 is 1.96 bits per heavy atom. The zero-order chi connectivity index (χ0) is 18.1. The van der Waals surface area contributed by atoms with Crippen molar-refractivity contribution in [3.8, 4) is 0 Å². The third-order valence-electron chi connectivity index (χ3n) is 5.02. The summed E-state index contributed by atoms with van der Waals surface area (Å²) in [5.41, 5.74) is 3.89. The molecule has 4 rings (SSSR count). The second-order valence-corrected chi connectivity index (χ2v) is 7.06. The van der Waals surface area contributed by atoms with Gasteiger partial charge in [-0.1, -0.05) is 59.7 Å². The largest absolute Gasteiger partial charge is 0.301 e. The van der Waals surface area contributed by atoms with Crippen LogP contribution in [0.15, 0.2) is 70.8 Å². The number of rotatable bonds is 4. The van der Waals surface area contributed by atoms with Crippen molar-refractivity contribution in [3.05, 3.63) is 83.1 Å². The van der Waals surface area contributed by atoms with Crippen LogP contribution in [0.3, 0.4) is 0 Å². The molecule has 0 saturated carbocycles. The average Bonchev–Trinajstić information content (AvgIpc) is 2.91. The van der Waals surface area contributed by atoms with E-state index in [0.717, 1.165) is 11.1 Å². The Labute approximate surface area is 153 Å². The van der Waals surface area contributed by atoms with Gasteiger partial charge in [-0.3, -0.25) is 4.79 Å². The Kier molecular flexibility index (Phi) is 4.03. The second-order valence-electron chi connectivity index (χ2n) is 7.06. The zero-order valence-electron chi connectivity index (χ0n) is 15.0. The Balaban J connectivity index is 1.75. The molecule has 0 bridgehead atoms. The van der Waals surface area contributed by atoms with Crippen molar-refractivity contribution < 1.29 is 4.79 Å². The van der Waals surface area contributed by atoms with Crippen molar-refractivity contribution in [2.75, 3.05) is 0 Å². The molecular formula is C22H21N3O. The summed E-state index contributed by atoms with van der Waals surface area (Å²) in [4.78, 5) is 23.5. The van der Waals surface area contributed by atoms with Gasteiger partial charge in [-0.15, -0.1) is 0 Å². The molecule has 0 atom stereocenters. The maximum absolute atomic E-state index is 13.1. The number of aliphatic imine (C=N–C) groups is 2. The van der Waals surface area contributed by atoms with E-state index in [0.29, 0.717) is 18.8 Å².